The van der Waals surface area contributed by atoms with Gasteiger partial charge in [0.1, 0.15) is 5.75 Å². The summed E-state index contributed by atoms with van der Waals surface area (Å²) in [7, 11) is 1.73. The van der Waals surface area contributed by atoms with Crippen LogP contribution in [0.2, 0.25) is 0 Å². The fraction of sp³-hybridized carbons (Fsp3) is 0.333. The lowest BCUT2D eigenvalue weighted by atomic mass is 9.97. The molecule has 0 amide bonds. The largest absolute Gasteiger partial charge is 0.496 e. The van der Waals surface area contributed by atoms with E-state index in [2.05, 4.69) is 74.0 Å². The second-order valence-corrected chi connectivity index (χ2v) is 6.31. The van der Waals surface area contributed by atoms with Crippen LogP contribution in [-0.4, -0.2) is 7.11 Å². The Bertz CT molecular complexity index is 608. The molecular weight excluding hydrogens is 312 g/mol. The lowest BCUT2D eigenvalue weighted by Crippen LogP contribution is -1.98. The summed E-state index contributed by atoms with van der Waals surface area (Å²) in [5, 5.41) is 0. The summed E-state index contributed by atoms with van der Waals surface area (Å²) in [5.41, 5.74) is 7.57. The molecule has 0 aliphatic heterocycles. The van der Waals surface area contributed by atoms with Gasteiger partial charge in [0.2, 0.25) is 0 Å². The fourth-order valence-electron chi connectivity index (χ4n) is 2.57. The molecule has 0 saturated carbocycles. The van der Waals surface area contributed by atoms with Crippen molar-refractivity contribution in [2.45, 2.75) is 32.5 Å². The molecule has 2 aromatic rings. The molecule has 0 spiro atoms. The van der Waals surface area contributed by atoms with Crippen molar-refractivity contribution in [1.82, 2.24) is 0 Å². The van der Waals surface area contributed by atoms with Crippen molar-refractivity contribution in [3.05, 3.63) is 63.7 Å². The van der Waals surface area contributed by atoms with Gasteiger partial charge < -0.3 is 4.74 Å². The molecule has 20 heavy (non-hydrogen) atoms. The van der Waals surface area contributed by atoms with Crippen molar-refractivity contribution < 1.29 is 4.74 Å². The summed E-state index contributed by atoms with van der Waals surface area (Å²) >= 11 is 3.83. The summed E-state index contributed by atoms with van der Waals surface area (Å²) < 4.78 is 5.44. The molecule has 2 rings (SSSR count). The van der Waals surface area contributed by atoms with Gasteiger partial charge in [0.15, 0.2) is 0 Å². The number of alkyl halides is 1. The Hall–Kier alpha value is -1.28. The number of halogens is 1. The molecule has 1 nitrogen and oxygen atoms in total. The van der Waals surface area contributed by atoms with Gasteiger partial charge in [0, 0.05) is 0 Å². The molecular formula is C18H21BrO. The minimum Gasteiger partial charge on any atom is -0.496 e. The Morgan fingerprint density at radius 1 is 0.800 bits per heavy atom. The highest BCUT2D eigenvalue weighted by molar-refractivity contribution is 9.09. The van der Waals surface area contributed by atoms with E-state index in [9.17, 15) is 0 Å². The zero-order chi connectivity index (χ0) is 14.9. The van der Waals surface area contributed by atoms with Gasteiger partial charge in [-0.1, -0.05) is 46.3 Å². The average Bonchev–Trinajstić information content (AvgIpc) is 2.40. The SMILES string of the molecule is COc1c(C)cc(C(Br)c2ccc(C)c(C)c2)cc1C. The van der Waals surface area contributed by atoms with E-state index in [4.69, 9.17) is 4.74 Å². The van der Waals surface area contributed by atoms with Crippen LogP contribution in [0.15, 0.2) is 30.3 Å². The third-order valence-electron chi connectivity index (χ3n) is 3.80. The maximum Gasteiger partial charge on any atom is 0.124 e. The van der Waals surface area contributed by atoms with Crippen LogP contribution in [0.1, 0.15) is 38.2 Å². The first-order valence-corrected chi connectivity index (χ1v) is 7.72. The predicted molar refractivity (Wildman–Crippen MR) is 89.2 cm³/mol. The van der Waals surface area contributed by atoms with Gasteiger partial charge in [-0.25, -0.2) is 0 Å². The van der Waals surface area contributed by atoms with Crippen LogP contribution < -0.4 is 4.74 Å². The molecule has 0 fully saturated rings. The highest BCUT2D eigenvalue weighted by atomic mass is 79.9. The molecule has 2 heteroatoms. The molecule has 1 unspecified atom stereocenters. The lowest BCUT2D eigenvalue weighted by Gasteiger charge is -2.16. The molecule has 106 valence electrons. The van der Waals surface area contributed by atoms with Crippen LogP contribution in [0.4, 0.5) is 0 Å². The molecule has 0 aliphatic rings. The van der Waals surface area contributed by atoms with Crippen molar-refractivity contribution >= 4 is 15.9 Å². The molecule has 0 N–H and O–H groups in total. The van der Waals surface area contributed by atoms with E-state index in [0.717, 1.165) is 5.75 Å². The van der Waals surface area contributed by atoms with Crippen LogP contribution in [0.5, 0.6) is 5.75 Å². The Morgan fingerprint density at radius 3 is 1.85 bits per heavy atom. The molecule has 0 heterocycles. The lowest BCUT2D eigenvalue weighted by molar-refractivity contribution is 0.408. The summed E-state index contributed by atoms with van der Waals surface area (Å²) in [6.45, 7) is 8.48. The molecule has 2 aromatic carbocycles. The Balaban J connectivity index is 2.42. The van der Waals surface area contributed by atoms with Gasteiger partial charge in [-0.15, -0.1) is 0 Å². The van der Waals surface area contributed by atoms with Crippen molar-refractivity contribution in [3.8, 4) is 5.75 Å². The van der Waals surface area contributed by atoms with Crippen LogP contribution in [-0.2, 0) is 0 Å². The van der Waals surface area contributed by atoms with Gasteiger partial charge in [0.25, 0.3) is 0 Å². The Labute approximate surface area is 130 Å². The van der Waals surface area contributed by atoms with E-state index < -0.39 is 0 Å². The van der Waals surface area contributed by atoms with E-state index >= 15 is 0 Å². The maximum atomic E-state index is 5.44. The van der Waals surface area contributed by atoms with E-state index in [-0.39, 0.29) is 4.83 Å². The van der Waals surface area contributed by atoms with Gasteiger partial charge in [0.05, 0.1) is 11.9 Å². The van der Waals surface area contributed by atoms with Gasteiger partial charge in [-0.05, 0) is 61.1 Å². The van der Waals surface area contributed by atoms with Gasteiger partial charge in [-0.3, -0.25) is 0 Å². The van der Waals surface area contributed by atoms with E-state index in [0.29, 0.717) is 0 Å². The molecule has 0 bridgehead atoms. The number of methoxy groups -OCH3 is 1. The second kappa shape index (κ2) is 6.01. The highest BCUT2D eigenvalue weighted by Crippen LogP contribution is 2.35. The predicted octanol–water partition coefficient (Wildman–Crippen LogP) is 5.41. The Kier molecular flexibility index (Phi) is 4.54. The van der Waals surface area contributed by atoms with E-state index in [1.165, 1.54) is 33.4 Å². The highest BCUT2D eigenvalue weighted by Gasteiger charge is 2.14. The van der Waals surface area contributed by atoms with Crippen LogP contribution in [0, 0.1) is 27.7 Å². The smallest absolute Gasteiger partial charge is 0.124 e. The van der Waals surface area contributed by atoms with Gasteiger partial charge >= 0.3 is 0 Å². The fourth-order valence-corrected chi connectivity index (χ4v) is 3.12. The number of benzene rings is 2. The molecule has 0 aromatic heterocycles. The number of rotatable bonds is 3. The van der Waals surface area contributed by atoms with Crippen molar-refractivity contribution in [2.24, 2.45) is 0 Å². The zero-order valence-corrected chi connectivity index (χ0v) is 14.3. The first-order chi connectivity index (χ1) is 9.43. The van der Waals surface area contributed by atoms with Crippen molar-refractivity contribution in [2.75, 3.05) is 7.11 Å². The summed E-state index contributed by atoms with van der Waals surface area (Å²) in [6.07, 6.45) is 0. The molecule has 0 radical (unpaired) electrons. The van der Waals surface area contributed by atoms with Crippen LogP contribution in [0.3, 0.4) is 0 Å². The number of hydrogen-bond acceptors (Lipinski definition) is 1. The van der Waals surface area contributed by atoms with Crippen molar-refractivity contribution in [1.29, 1.82) is 0 Å². The quantitative estimate of drug-likeness (QED) is 0.682. The van der Waals surface area contributed by atoms with Crippen LogP contribution >= 0.6 is 15.9 Å². The summed E-state index contributed by atoms with van der Waals surface area (Å²) in [6, 6.07) is 11.0. The topological polar surface area (TPSA) is 9.23 Å². The standard InChI is InChI=1S/C18H21BrO/c1-11-6-7-15(8-12(11)2)17(19)16-9-13(3)18(20-5)14(4)10-16/h6-10,17H,1-5H3. The summed E-state index contributed by atoms with van der Waals surface area (Å²) in [4.78, 5) is 0.213. The van der Waals surface area contributed by atoms with E-state index in [1.807, 2.05) is 0 Å². The molecule has 0 aliphatic carbocycles. The minimum atomic E-state index is 0.213. The normalized spacial score (nSPS) is 12.3. The maximum absolute atomic E-state index is 5.44. The second-order valence-electron chi connectivity index (χ2n) is 5.39. The zero-order valence-electron chi connectivity index (χ0n) is 12.8. The van der Waals surface area contributed by atoms with Crippen molar-refractivity contribution in [3.63, 3.8) is 0 Å². The Morgan fingerprint density at radius 2 is 1.35 bits per heavy atom. The van der Waals surface area contributed by atoms with Gasteiger partial charge in [-0.2, -0.15) is 0 Å². The molecule has 0 saturated heterocycles. The monoisotopic (exact) mass is 332 g/mol. The average molecular weight is 333 g/mol. The number of aryl methyl sites for hydroxylation is 4. The number of ether oxygens (including phenoxy) is 1. The van der Waals surface area contributed by atoms with Crippen LogP contribution in [0.25, 0.3) is 0 Å². The third-order valence-corrected chi connectivity index (χ3v) is 4.86. The molecule has 1 atom stereocenters. The first-order valence-electron chi connectivity index (χ1n) is 6.80. The first kappa shape index (κ1) is 15.1. The van der Waals surface area contributed by atoms with E-state index in [1.54, 1.807) is 7.11 Å². The number of hydrogen-bond donors (Lipinski definition) is 0. The summed E-state index contributed by atoms with van der Waals surface area (Å²) in [5.74, 6) is 0.980. The third kappa shape index (κ3) is 2.90. The minimum absolute atomic E-state index is 0.213.